The summed E-state index contributed by atoms with van der Waals surface area (Å²) < 4.78 is 0. The van der Waals surface area contributed by atoms with E-state index in [0.717, 1.165) is 14.7 Å². The molecule has 24 heteroatoms. The Labute approximate surface area is 351 Å². The predicted octanol–water partition coefficient (Wildman–Crippen LogP) is -17.8. The Kier molecular flexibility index (Phi) is 32.4. The van der Waals surface area contributed by atoms with Crippen LogP contribution >= 0.6 is 0 Å². The van der Waals surface area contributed by atoms with Crippen LogP contribution in [0.3, 0.4) is 0 Å². The standard InChI is InChI=1S/C24H39N7O14.Gd.2Na/c25-16(32)3-1-14(23(42)43)27-18(34)9-30(12-21(38)39)7-5-29(11-20(36)37)6-8-31(13-22(40)41)10-19(35)28-15(24(44)45)2-4-17(26)33;;;/h14-15H,1-13H2,(H2,25,32)(H2,26,33)(H,27,34)(H,28,35)(H,36,37)(H,38,39)(H,40,41)(H,42,43)(H,44,45);;;/q;+3;2*+1/p-5. The van der Waals surface area contributed by atoms with Crippen molar-refractivity contribution in [1.82, 2.24) is 25.3 Å². The number of amides is 4. The van der Waals surface area contributed by atoms with Crippen molar-refractivity contribution in [3.63, 3.8) is 0 Å². The summed E-state index contributed by atoms with van der Waals surface area (Å²) in [7, 11) is 0. The van der Waals surface area contributed by atoms with Crippen molar-refractivity contribution in [3.05, 3.63) is 0 Å². The number of carbonyl (C=O) groups excluding carboxylic acids is 9. The van der Waals surface area contributed by atoms with E-state index in [1.807, 2.05) is 0 Å². The van der Waals surface area contributed by atoms with Gasteiger partial charge in [-0.1, -0.05) is 0 Å². The molecular formula is C24H34GdN7Na2O14. The fourth-order valence-electron chi connectivity index (χ4n) is 3.77. The van der Waals surface area contributed by atoms with E-state index in [9.17, 15) is 68.7 Å². The van der Waals surface area contributed by atoms with Crippen molar-refractivity contribution in [2.75, 3.05) is 58.9 Å². The molecule has 0 aromatic heterocycles. The van der Waals surface area contributed by atoms with Gasteiger partial charge in [-0.05, 0) is 12.8 Å². The molecule has 0 aromatic carbocycles. The molecule has 259 valence electrons. The number of primary amides is 2. The van der Waals surface area contributed by atoms with Crippen LogP contribution in [0.15, 0.2) is 0 Å². The molecular weight excluding hydrogens is 814 g/mol. The maximum atomic E-state index is 12.4. The third-order valence-electron chi connectivity index (χ3n) is 5.86. The second kappa shape index (κ2) is 29.2. The molecule has 0 heterocycles. The van der Waals surface area contributed by atoms with Crippen LogP contribution in [-0.4, -0.2) is 139 Å². The minimum absolute atomic E-state index is 0. The second-order valence-corrected chi connectivity index (χ2v) is 9.70. The molecule has 1 radical (unpaired) electrons. The first kappa shape index (κ1) is 53.2. The van der Waals surface area contributed by atoms with Gasteiger partial charge in [0, 0.05) is 58.7 Å². The Hall–Kier alpha value is -1.57. The number of nitrogens with one attached hydrogen (secondary N) is 2. The molecule has 0 spiro atoms. The average molecular weight is 848 g/mol. The van der Waals surface area contributed by atoms with Gasteiger partial charge in [0.2, 0.25) is 23.6 Å². The van der Waals surface area contributed by atoms with E-state index in [-0.39, 0.29) is 125 Å². The largest absolute Gasteiger partial charge is 3.00 e. The first-order valence-electron chi connectivity index (χ1n) is 13.2. The number of carboxylic acids is 5. The molecule has 48 heavy (non-hydrogen) atoms. The summed E-state index contributed by atoms with van der Waals surface area (Å²) >= 11 is 0. The smallest absolute Gasteiger partial charge is 0.549 e. The van der Waals surface area contributed by atoms with Crippen LogP contribution in [0.2, 0.25) is 0 Å². The van der Waals surface area contributed by atoms with Crippen molar-refractivity contribution in [2.45, 2.75) is 37.8 Å². The summed E-state index contributed by atoms with van der Waals surface area (Å²) in [5, 5.41) is 60.3. The maximum Gasteiger partial charge on any atom is 3.00 e. The van der Waals surface area contributed by atoms with Gasteiger partial charge in [-0.2, -0.15) is 0 Å². The molecule has 0 aliphatic heterocycles. The van der Waals surface area contributed by atoms with Gasteiger partial charge < -0.3 is 71.6 Å². The fraction of sp³-hybridized carbons (Fsp3) is 0.625. The summed E-state index contributed by atoms with van der Waals surface area (Å²) in [6.07, 6.45) is -1.60. The zero-order valence-electron chi connectivity index (χ0n) is 26.4. The number of nitrogens with two attached hydrogens (primary N) is 2. The average Bonchev–Trinajstić information content (AvgIpc) is 2.88. The molecule has 0 aromatic rings. The van der Waals surface area contributed by atoms with Gasteiger partial charge in [0.15, 0.2) is 0 Å². The first-order chi connectivity index (χ1) is 20.9. The van der Waals surface area contributed by atoms with Gasteiger partial charge in [0.05, 0.1) is 55.0 Å². The number of hydrogen-bond acceptors (Lipinski definition) is 17. The number of hydrogen-bond donors (Lipinski definition) is 4. The molecule has 0 rings (SSSR count). The molecule has 0 saturated heterocycles. The summed E-state index contributed by atoms with van der Waals surface area (Å²) in [6, 6.07) is -3.25. The van der Waals surface area contributed by atoms with Crippen LogP contribution in [-0.2, 0) is 43.2 Å². The number of carbonyl (C=O) groups is 9. The van der Waals surface area contributed by atoms with Gasteiger partial charge >= 0.3 is 99.1 Å². The molecule has 0 saturated carbocycles. The van der Waals surface area contributed by atoms with Crippen LogP contribution in [0, 0.1) is 39.9 Å². The Balaban J connectivity index is -0.00000323. The van der Waals surface area contributed by atoms with Gasteiger partial charge in [0.25, 0.3) is 0 Å². The molecule has 2 unspecified atom stereocenters. The van der Waals surface area contributed by atoms with E-state index in [0.29, 0.717) is 0 Å². The molecule has 0 bridgehead atoms. The van der Waals surface area contributed by atoms with Gasteiger partial charge in [0.1, 0.15) is 0 Å². The predicted molar refractivity (Wildman–Crippen MR) is 135 cm³/mol. The molecule has 21 nitrogen and oxygen atoms in total. The zero-order chi connectivity index (χ0) is 34.7. The Morgan fingerprint density at radius 2 is 0.771 bits per heavy atom. The Morgan fingerprint density at radius 3 is 1.02 bits per heavy atom. The molecule has 0 aliphatic rings. The molecule has 0 aliphatic carbocycles. The summed E-state index contributed by atoms with van der Waals surface area (Å²) in [5.41, 5.74) is 9.92. The minimum Gasteiger partial charge on any atom is -0.549 e. The van der Waals surface area contributed by atoms with Gasteiger partial charge in [-0.3, -0.25) is 33.9 Å². The zero-order valence-corrected chi connectivity index (χ0v) is 32.7. The summed E-state index contributed by atoms with van der Waals surface area (Å²) in [5.74, 6) is -12.0. The maximum absolute atomic E-state index is 12.4. The molecule has 4 amide bonds. The molecule has 0 fully saturated rings. The number of carboxylic acid groups (broad SMARTS) is 5. The van der Waals surface area contributed by atoms with Crippen molar-refractivity contribution in [3.8, 4) is 0 Å². The van der Waals surface area contributed by atoms with Gasteiger partial charge in [-0.15, -0.1) is 0 Å². The molecule has 2 atom stereocenters. The number of nitrogens with zero attached hydrogens (tertiary/aromatic N) is 3. The van der Waals surface area contributed by atoms with E-state index >= 15 is 0 Å². The first-order valence-corrected chi connectivity index (χ1v) is 13.2. The van der Waals surface area contributed by atoms with Crippen molar-refractivity contribution in [1.29, 1.82) is 0 Å². The van der Waals surface area contributed by atoms with E-state index in [2.05, 4.69) is 10.6 Å². The topological polar surface area (TPSA) is 355 Å². The van der Waals surface area contributed by atoms with Crippen molar-refractivity contribution < 1.29 is 168 Å². The summed E-state index contributed by atoms with van der Waals surface area (Å²) in [4.78, 5) is 106. The third-order valence-corrected chi connectivity index (χ3v) is 5.86. The second-order valence-electron chi connectivity index (χ2n) is 9.70. The molecule has 6 N–H and O–H groups in total. The van der Waals surface area contributed by atoms with Crippen molar-refractivity contribution >= 4 is 53.5 Å². The SMILES string of the molecule is NC(=O)CCC(NC(=O)CN(CCN(CCN(CC(=O)[O-])CC(=O)NC(CCC(N)=O)C(=O)[O-])CC(=O)[O-])CC(=O)[O-])C(=O)[O-].[Gd+3].[Na+].[Na+]. The Bertz CT molecular complexity index is 1040. The minimum atomic E-state index is -1.73. The quantitative estimate of drug-likeness (QED) is 0.0587. The number of rotatable bonds is 26. The van der Waals surface area contributed by atoms with Crippen LogP contribution in [0.4, 0.5) is 0 Å². The van der Waals surface area contributed by atoms with Crippen LogP contribution in [0.25, 0.3) is 0 Å². The number of aliphatic carboxylic acids is 5. The van der Waals surface area contributed by atoms with Crippen LogP contribution < -0.4 is 107 Å². The Morgan fingerprint density at radius 1 is 0.500 bits per heavy atom. The van der Waals surface area contributed by atoms with Gasteiger partial charge in [-0.25, -0.2) is 0 Å². The van der Waals surface area contributed by atoms with Crippen LogP contribution in [0.1, 0.15) is 25.7 Å². The monoisotopic (exact) mass is 848 g/mol. The van der Waals surface area contributed by atoms with E-state index in [1.54, 1.807) is 0 Å². The van der Waals surface area contributed by atoms with Crippen molar-refractivity contribution in [2.24, 2.45) is 11.5 Å². The van der Waals surface area contributed by atoms with E-state index in [4.69, 9.17) is 11.5 Å². The van der Waals surface area contributed by atoms with E-state index in [1.165, 1.54) is 0 Å². The summed E-state index contributed by atoms with van der Waals surface area (Å²) in [6.45, 7) is -5.07. The fourth-order valence-corrected chi connectivity index (χ4v) is 3.77. The van der Waals surface area contributed by atoms with E-state index < -0.39 is 124 Å². The normalized spacial score (nSPS) is 11.6. The van der Waals surface area contributed by atoms with Crippen LogP contribution in [0.5, 0.6) is 0 Å². The third kappa shape index (κ3) is 28.3.